The molecule has 8 nitrogen and oxygen atoms in total. The van der Waals surface area contributed by atoms with Gasteiger partial charge in [-0.15, -0.1) is 11.8 Å². The van der Waals surface area contributed by atoms with Crippen LogP contribution < -0.4 is 4.87 Å². The van der Waals surface area contributed by atoms with Gasteiger partial charge in [0.05, 0.1) is 16.9 Å². The first kappa shape index (κ1) is 21.9. The van der Waals surface area contributed by atoms with Crippen molar-refractivity contribution in [3.8, 4) is 5.75 Å². The van der Waals surface area contributed by atoms with Gasteiger partial charge in [0.15, 0.2) is 0 Å². The summed E-state index contributed by atoms with van der Waals surface area (Å²) < 4.78 is 0. The second-order valence-electron chi connectivity index (χ2n) is 10.1. The van der Waals surface area contributed by atoms with Gasteiger partial charge in [-0.1, -0.05) is 43.4 Å². The number of aromatic amines is 1. The molecule has 2 aromatic rings. The van der Waals surface area contributed by atoms with Crippen molar-refractivity contribution in [1.82, 2.24) is 9.88 Å². The van der Waals surface area contributed by atoms with Gasteiger partial charge in [0.25, 0.3) is 0 Å². The number of carbonyl (C=O) groups is 3. The predicted molar refractivity (Wildman–Crippen MR) is 125 cm³/mol. The molecule has 178 valence electrons. The number of carboxylic acids is 1. The fraction of sp³-hybridized carbons (Fsp3) is 0.500. The number of thioether (sulfide) groups is 1. The van der Waals surface area contributed by atoms with E-state index in [1.54, 1.807) is 37.7 Å². The number of para-hydroxylation sites is 1. The monoisotopic (exact) mass is 500 g/mol. The third-order valence-corrected chi connectivity index (χ3v) is 10.8. The minimum atomic E-state index is -1.17. The SMILES string of the molecule is CC(C)[C@H](C(=O)O)N1C(=O)[C@@H]2[C@H]3C[C@@H]([C@@H]2C1=O)[C@@H]1[C@H](c2ccccc2O)c2sc(=O)[nH]c2S[C@H]31. The zero-order valence-corrected chi connectivity index (χ0v) is 20.1. The number of carboxylic acid groups (broad SMARTS) is 1. The molecule has 0 unspecified atom stereocenters. The summed E-state index contributed by atoms with van der Waals surface area (Å²) in [5.74, 6) is -3.75. The molecule has 10 heteroatoms. The number of carbonyl (C=O) groups excluding carboxylic acids is 2. The number of hydrogen-bond donors (Lipinski definition) is 3. The molecule has 6 rings (SSSR count). The van der Waals surface area contributed by atoms with Crippen molar-refractivity contribution in [2.45, 2.75) is 42.5 Å². The van der Waals surface area contributed by atoms with Crippen molar-refractivity contribution in [2.75, 3.05) is 0 Å². The molecule has 2 amide bonds. The van der Waals surface area contributed by atoms with Gasteiger partial charge >= 0.3 is 10.8 Å². The lowest BCUT2D eigenvalue weighted by atomic mass is 9.68. The molecule has 3 fully saturated rings. The van der Waals surface area contributed by atoms with Crippen LogP contribution in [-0.2, 0) is 14.4 Å². The van der Waals surface area contributed by atoms with E-state index in [1.165, 1.54) is 0 Å². The van der Waals surface area contributed by atoms with Gasteiger partial charge in [0.1, 0.15) is 11.8 Å². The quantitative estimate of drug-likeness (QED) is 0.551. The highest BCUT2D eigenvalue weighted by Gasteiger charge is 2.70. The van der Waals surface area contributed by atoms with Crippen LogP contribution in [0.25, 0.3) is 0 Å². The molecule has 2 aliphatic carbocycles. The third kappa shape index (κ3) is 2.78. The van der Waals surface area contributed by atoms with Gasteiger partial charge in [-0.05, 0) is 36.2 Å². The van der Waals surface area contributed by atoms with E-state index in [2.05, 4.69) is 4.98 Å². The number of aliphatic carboxylic acids is 1. The Morgan fingerprint density at radius 3 is 2.44 bits per heavy atom. The molecule has 8 atom stereocenters. The molecule has 0 spiro atoms. The maximum atomic E-state index is 13.6. The van der Waals surface area contributed by atoms with Crippen LogP contribution in [0, 0.1) is 35.5 Å². The third-order valence-electron chi connectivity index (χ3n) is 8.19. The number of amides is 2. The van der Waals surface area contributed by atoms with Crippen LogP contribution in [0.3, 0.4) is 0 Å². The lowest BCUT2D eigenvalue weighted by Gasteiger charge is -2.43. The fourth-order valence-corrected chi connectivity index (χ4v) is 9.99. The van der Waals surface area contributed by atoms with Crippen molar-refractivity contribution in [2.24, 2.45) is 35.5 Å². The molecule has 34 heavy (non-hydrogen) atoms. The minimum absolute atomic E-state index is 0.00682. The van der Waals surface area contributed by atoms with Crippen molar-refractivity contribution in [1.29, 1.82) is 0 Å². The van der Waals surface area contributed by atoms with Gasteiger partial charge < -0.3 is 15.2 Å². The summed E-state index contributed by atoms with van der Waals surface area (Å²) in [6.07, 6.45) is 0.714. The van der Waals surface area contributed by atoms with E-state index in [0.29, 0.717) is 6.42 Å². The fourth-order valence-electron chi connectivity index (χ4n) is 7.11. The van der Waals surface area contributed by atoms with Crippen molar-refractivity contribution < 1.29 is 24.6 Å². The maximum Gasteiger partial charge on any atom is 0.327 e. The number of hydrogen-bond acceptors (Lipinski definition) is 7. The number of imide groups is 1. The summed E-state index contributed by atoms with van der Waals surface area (Å²) >= 11 is 2.70. The molecule has 3 N–H and O–H groups in total. The number of thiazole rings is 1. The average molecular weight is 501 g/mol. The van der Waals surface area contributed by atoms with Gasteiger partial charge in [0, 0.05) is 21.6 Å². The van der Waals surface area contributed by atoms with Gasteiger partial charge in [-0.2, -0.15) is 0 Å². The molecule has 3 heterocycles. The topological polar surface area (TPSA) is 128 Å². The highest BCUT2D eigenvalue weighted by molar-refractivity contribution is 8.00. The number of aromatic hydroxyl groups is 1. The zero-order valence-electron chi connectivity index (χ0n) is 18.5. The number of likely N-dealkylation sites (tertiary alicyclic amines) is 1. The van der Waals surface area contributed by atoms with E-state index < -0.39 is 29.8 Å². The Morgan fingerprint density at radius 1 is 1.12 bits per heavy atom. The van der Waals surface area contributed by atoms with Gasteiger partial charge in [0.2, 0.25) is 11.8 Å². The molecule has 1 saturated heterocycles. The van der Waals surface area contributed by atoms with Crippen LogP contribution in [0.15, 0.2) is 34.1 Å². The van der Waals surface area contributed by atoms with Crippen LogP contribution >= 0.6 is 23.1 Å². The highest BCUT2D eigenvalue weighted by atomic mass is 32.2. The van der Waals surface area contributed by atoms with E-state index in [1.807, 2.05) is 12.1 Å². The Labute approximate surface area is 203 Å². The highest BCUT2D eigenvalue weighted by Crippen LogP contribution is 2.69. The van der Waals surface area contributed by atoms with Crippen LogP contribution in [0.2, 0.25) is 0 Å². The first-order valence-electron chi connectivity index (χ1n) is 11.5. The van der Waals surface area contributed by atoms with Crippen LogP contribution in [-0.4, -0.2) is 49.2 Å². The molecular formula is C24H24N2O6S2. The Morgan fingerprint density at radius 2 is 1.79 bits per heavy atom. The lowest BCUT2D eigenvalue weighted by Crippen LogP contribution is -2.49. The normalized spacial score (nSPS) is 34.3. The molecule has 2 aliphatic heterocycles. The molecule has 0 radical (unpaired) electrons. The lowest BCUT2D eigenvalue weighted by molar-refractivity contribution is -0.157. The summed E-state index contributed by atoms with van der Waals surface area (Å²) in [6, 6.07) is 5.91. The second kappa shape index (κ2) is 7.45. The number of H-pyrrole nitrogens is 1. The van der Waals surface area contributed by atoms with E-state index in [-0.39, 0.29) is 51.4 Å². The largest absolute Gasteiger partial charge is 0.508 e. The summed E-state index contributed by atoms with van der Waals surface area (Å²) in [5, 5.41) is 21.3. The first-order valence-corrected chi connectivity index (χ1v) is 13.2. The predicted octanol–water partition coefficient (Wildman–Crippen LogP) is 2.72. The van der Waals surface area contributed by atoms with Crippen LogP contribution in [0.4, 0.5) is 0 Å². The van der Waals surface area contributed by atoms with Gasteiger partial charge in [-0.25, -0.2) is 4.79 Å². The van der Waals surface area contributed by atoms with Crippen molar-refractivity contribution in [3.05, 3.63) is 44.4 Å². The average Bonchev–Trinajstić information content (AvgIpc) is 3.49. The van der Waals surface area contributed by atoms with Crippen molar-refractivity contribution >= 4 is 40.9 Å². The number of phenolic OH excluding ortho intramolecular Hbond substituents is 1. The van der Waals surface area contributed by atoms with E-state index in [9.17, 15) is 29.4 Å². The number of fused-ring (bicyclic) bond motifs is 9. The number of phenols is 1. The zero-order chi connectivity index (χ0) is 24.0. The minimum Gasteiger partial charge on any atom is -0.508 e. The molecule has 4 aliphatic rings. The summed E-state index contributed by atoms with van der Waals surface area (Å²) in [5.41, 5.74) is 0.720. The second-order valence-corrected chi connectivity index (χ2v) is 12.3. The van der Waals surface area contributed by atoms with Crippen molar-refractivity contribution in [3.63, 3.8) is 0 Å². The Kier molecular flexibility index (Phi) is 4.80. The van der Waals surface area contributed by atoms with Crippen LogP contribution in [0.5, 0.6) is 5.75 Å². The molecular weight excluding hydrogens is 476 g/mol. The number of nitrogens with zero attached hydrogens (tertiary/aromatic N) is 1. The Bertz CT molecular complexity index is 1280. The molecule has 1 aromatic carbocycles. The molecule has 2 saturated carbocycles. The standard InChI is InChI=1S/C24H24N2O6S2/c1-8(2)17(23(30)31)26-21(28)15-10-7-11(16(15)22(26)29)18-14(10)13(9-5-3-4-6-12(9)27)19-20(33-18)25-24(32)34-19/h3-6,8,10-11,13-18,27H,7H2,1-2H3,(H,25,32)(H,30,31)/t10-,11-,13+,14-,15+,16-,17-,18-/m1/s1. The smallest absolute Gasteiger partial charge is 0.327 e. The number of nitrogens with one attached hydrogen (secondary N) is 1. The summed E-state index contributed by atoms with van der Waals surface area (Å²) in [7, 11) is 0. The Hall–Kier alpha value is -2.59. The van der Waals surface area contributed by atoms with E-state index >= 15 is 0 Å². The van der Waals surface area contributed by atoms with E-state index in [0.717, 1.165) is 31.7 Å². The number of benzene rings is 1. The Balaban J connectivity index is 1.46. The maximum absolute atomic E-state index is 13.6. The molecule has 2 bridgehead atoms. The number of rotatable bonds is 4. The van der Waals surface area contributed by atoms with Gasteiger partial charge in [-0.3, -0.25) is 19.3 Å². The first-order chi connectivity index (χ1) is 16.2. The van der Waals surface area contributed by atoms with Crippen LogP contribution in [0.1, 0.15) is 36.6 Å². The number of aromatic nitrogens is 1. The summed E-state index contributed by atoms with van der Waals surface area (Å²) in [6.45, 7) is 3.42. The summed E-state index contributed by atoms with van der Waals surface area (Å²) in [4.78, 5) is 56.0. The molecule has 1 aromatic heterocycles. The van der Waals surface area contributed by atoms with E-state index in [4.69, 9.17) is 0 Å².